The summed E-state index contributed by atoms with van der Waals surface area (Å²) in [7, 11) is 0. The lowest BCUT2D eigenvalue weighted by atomic mass is 10.0. The van der Waals surface area contributed by atoms with Gasteiger partial charge >= 0.3 is 0 Å². The van der Waals surface area contributed by atoms with Crippen molar-refractivity contribution in [2.45, 2.75) is 27.7 Å². The SMILES string of the molecule is CC(=O)c1ccc(-c2nc(-c3cc4c(C)ccc(C)c4o3)ns2)cc1C. The molecule has 2 heterocycles. The molecule has 0 aliphatic carbocycles. The van der Waals surface area contributed by atoms with Gasteiger partial charge in [0.25, 0.3) is 0 Å². The molecule has 0 aliphatic rings. The molecule has 0 N–H and O–H groups in total. The van der Waals surface area contributed by atoms with Gasteiger partial charge in [-0.3, -0.25) is 4.79 Å². The van der Waals surface area contributed by atoms with E-state index in [1.165, 1.54) is 17.1 Å². The largest absolute Gasteiger partial charge is 0.452 e. The Morgan fingerprint density at radius 2 is 1.77 bits per heavy atom. The van der Waals surface area contributed by atoms with Crippen LogP contribution >= 0.6 is 11.5 Å². The van der Waals surface area contributed by atoms with Crippen molar-refractivity contribution in [3.05, 3.63) is 58.7 Å². The Kier molecular flexibility index (Phi) is 3.96. The van der Waals surface area contributed by atoms with Crippen molar-refractivity contribution in [2.75, 3.05) is 0 Å². The van der Waals surface area contributed by atoms with Gasteiger partial charge in [-0.25, -0.2) is 4.98 Å². The molecule has 0 radical (unpaired) electrons. The van der Waals surface area contributed by atoms with Gasteiger partial charge in [-0.1, -0.05) is 24.3 Å². The third kappa shape index (κ3) is 2.74. The first-order chi connectivity index (χ1) is 12.4. The van der Waals surface area contributed by atoms with Gasteiger partial charge in [-0.15, -0.1) is 0 Å². The van der Waals surface area contributed by atoms with E-state index in [-0.39, 0.29) is 5.78 Å². The monoisotopic (exact) mass is 362 g/mol. The maximum Gasteiger partial charge on any atom is 0.209 e. The molecule has 0 amide bonds. The quantitative estimate of drug-likeness (QED) is 0.436. The Hall–Kier alpha value is -2.79. The van der Waals surface area contributed by atoms with Crippen molar-refractivity contribution in [1.82, 2.24) is 9.36 Å². The summed E-state index contributed by atoms with van der Waals surface area (Å²) >= 11 is 1.33. The molecule has 2 aromatic carbocycles. The number of nitrogens with zero attached hydrogens (tertiary/aromatic N) is 2. The second-order valence-electron chi connectivity index (χ2n) is 6.56. The number of benzene rings is 2. The first-order valence-electron chi connectivity index (χ1n) is 8.40. The van der Waals surface area contributed by atoms with Crippen LogP contribution in [-0.2, 0) is 0 Å². The molecule has 0 fully saturated rings. The molecule has 26 heavy (non-hydrogen) atoms. The minimum absolute atomic E-state index is 0.0695. The number of fused-ring (bicyclic) bond motifs is 1. The molecule has 4 aromatic rings. The summed E-state index contributed by atoms with van der Waals surface area (Å²) in [6, 6.07) is 11.9. The van der Waals surface area contributed by atoms with Gasteiger partial charge in [0.05, 0.1) is 0 Å². The van der Waals surface area contributed by atoms with Crippen LogP contribution in [0.5, 0.6) is 0 Å². The molecule has 0 saturated heterocycles. The Bertz CT molecular complexity index is 1120. The molecule has 0 atom stereocenters. The number of aryl methyl sites for hydroxylation is 3. The third-order valence-electron chi connectivity index (χ3n) is 4.60. The average molecular weight is 362 g/mol. The molecule has 5 heteroatoms. The minimum atomic E-state index is 0.0695. The van der Waals surface area contributed by atoms with E-state index < -0.39 is 0 Å². The Morgan fingerprint density at radius 3 is 2.46 bits per heavy atom. The van der Waals surface area contributed by atoms with Gasteiger partial charge in [0.1, 0.15) is 10.6 Å². The molecule has 2 aromatic heterocycles. The van der Waals surface area contributed by atoms with Crippen molar-refractivity contribution in [1.29, 1.82) is 0 Å². The van der Waals surface area contributed by atoms with Crippen molar-refractivity contribution >= 4 is 28.3 Å². The van der Waals surface area contributed by atoms with Crippen molar-refractivity contribution in [3.8, 4) is 22.2 Å². The molecule has 0 bridgehead atoms. The van der Waals surface area contributed by atoms with E-state index in [2.05, 4.69) is 28.4 Å². The van der Waals surface area contributed by atoms with Crippen LogP contribution in [0.1, 0.15) is 34.0 Å². The molecule has 4 rings (SSSR count). The van der Waals surface area contributed by atoms with Crippen LogP contribution in [0.2, 0.25) is 0 Å². The van der Waals surface area contributed by atoms with Crippen LogP contribution in [0.15, 0.2) is 40.8 Å². The zero-order valence-corrected chi connectivity index (χ0v) is 15.9. The first-order valence-corrected chi connectivity index (χ1v) is 9.17. The summed E-state index contributed by atoms with van der Waals surface area (Å²) in [4.78, 5) is 16.3. The summed E-state index contributed by atoms with van der Waals surface area (Å²) in [5.41, 5.74) is 5.80. The van der Waals surface area contributed by atoms with E-state index in [0.29, 0.717) is 11.6 Å². The van der Waals surface area contributed by atoms with Crippen molar-refractivity contribution in [2.24, 2.45) is 0 Å². The fourth-order valence-corrected chi connectivity index (χ4v) is 3.80. The van der Waals surface area contributed by atoms with E-state index in [1.807, 2.05) is 38.1 Å². The number of Topliss-reactive ketones (excluding diaryl/α,β-unsaturated/α-hetero) is 1. The number of ketones is 1. The molecular formula is C21H18N2O2S. The highest BCUT2D eigenvalue weighted by Crippen LogP contribution is 2.33. The zero-order chi connectivity index (χ0) is 18.4. The van der Waals surface area contributed by atoms with Gasteiger partial charge in [0.15, 0.2) is 11.5 Å². The van der Waals surface area contributed by atoms with Crippen LogP contribution < -0.4 is 0 Å². The molecule has 0 spiro atoms. The van der Waals surface area contributed by atoms with Crippen molar-refractivity contribution < 1.29 is 9.21 Å². The zero-order valence-electron chi connectivity index (χ0n) is 15.1. The maximum absolute atomic E-state index is 11.6. The number of furan rings is 1. The second kappa shape index (κ2) is 6.18. The van der Waals surface area contributed by atoms with Gasteiger partial charge in [0.2, 0.25) is 5.82 Å². The highest BCUT2D eigenvalue weighted by atomic mass is 32.1. The Balaban J connectivity index is 1.75. The molecule has 4 nitrogen and oxygen atoms in total. The summed E-state index contributed by atoms with van der Waals surface area (Å²) in [6.45, 7) is 7.62. The van der Waals surface area contributed by atoms with Gasteiger partial charge in [-0.05, 0) is 68.1 Å². The second-order valence-corrected chi connectivity index (χ2v) is 7.31. The van der Waals surface area contributed by atoms with E-state index in [1.54, 1.807) is 6.92 Å². The van der Waals surface area contributed by atoms with Crippen LogP contribution in [0, 0.1) is 20.8 Å². The highest BCUT2D eigenvalue weighted by Gasteiger charge is 2.16. The molecule has 0 aliphatic heterocycles. The number of carbonyl (C=O) groups excluding carboxylic acids is 1. The van der Waals surface area contributed by atoms with Gasteiger partial charge in [-0.2, -0.15) is 4.37 Å². The normalized spacial score (nSPS) is 11.2. The maximum atomic E-state index is 11.6. The lowest BCUT2D eigenvalue weighted by molar-refractivity contribution is 0.101. The summed E-state index contributed by atoms with van der Waals surface area (Å²) in [6.07, 6.45) is 0. The van der Waals surface area contributed by atoms with E-state index in [0.717, 1.165) is 38.2 Å². The van der Waals surface area contributed by atoms with Crippen LogP contribution in [0.3, 0.4) is 0 Å². The highest BCUT2D eigenvalue weighted by molar-refractivity contribution is 7.09. The Labute approximate surface area is 155 Å². The smallest absolute Gasteiger partial charge is 0.209 e. The summed E-state index contributed by atoms with van der Waals surface area (Å²) in [5, 5.41) is 1.91. The van der Waals surface area contributed by atoms with Crippen LogP contribution in [-0.4, -0.2) is 15.1 Å². The first kappa shape index (κ1) is 16.7. The number of rotatable bonds is 3. The average Bonchev–Trinajstić information content (AvgIpc) is 3.25. The Morgan fingerprint density at radius 1 is 1.00 bits per heavy atom. The number of aromatic nitrogens is 2. The minimum Gasteiger partial charge on any atom is -0.452 e. The number of hydrogen-bond acceptors (Lipinski definition) is 5. The number of hydrogen-bond donors (Lipinski definition) is 0. The van der Waals surface area contributed by atoms with Gasteiger partial charge in [0, 0.05) is 16.5 Å². The lowest BCUT2D eigenvalue weighted by Crippen LogP contribution is -1.95. The molecule has 130 valence electrons. The van der Waals surface area contributed by atoms with Gasteiger partial charge < -0.3 is 4.42 Å². The molecule has 0 saturated carbocycles. The predicted molar refractivity (Wildman–Crippen MR) is 105 cm³/mol. The topological polar surface area (TPSA) is 56.0 Å². The van der Waals surface area contributed by atoms with Crippen molar-refractivity contribution in [3.63, 3.8) is 0 Å². The van der Waals surface area contributed by atoms with Crippen LogP contribution in [0.25, 0.3) is 33.1 Å². The third-order valence-corrected chi connectivity index (χ3v) is 5.36. The van der Waals surface area contributed by atoms with E-state index in [9.17, 15) is 4.79 Å². The predicted octanol–water partition coefficient (Wildman–Crippen LogP) is 5.75. The standard InChI is InChI=1S/C21H18N2O2S/c1-11-5-6-12(2)19-17(11)10-18(25-19)20-22-21(26-23-20)15-7-8-16(14(4)24)13(3)9-15/h5-10H,1-4H3. The fourth-order valence-electron chi connectivity index (χ4n) is 3.14. The van der Waals surface area contributed by atoms with E-state index >= 15 is 0 Å². The molecular weight excluding hydrogens is 344 g/mol. The van der Waals surface area contributed by atoms with E-state index in [4.69, 9.17) is 4.42 Å². The fraction of sp³-hybridized carbons (Fsp3) is 0.190. The lowest BCUT2D eigenvalue weighted by Gasteiger charge is -2.03. The summed E-state index contributed by atoms with van der Waals surface area (Å²) < 4.78 is 10.5. The van der Waals surface area contributed by atoms with Crippen LogP contribution in [0.4, 0.5) is 0 Å². The molecule has 0 unspecified atom stereocenters. The number of carbonyl (C=O) groups is 1. The summed E-state index contributed by atoms with van der Waals surface area (Å²) in [5.74, 6) is 1.34.